The molecule has 0 N–H and O–H groups in total. The van der Waals surface area contributed by atoms with Gasteiger partial charge < -0.3 is 0 Å². The molecule has 1 aromatic rings. The van der Waals surface area contributed by atoms with Gasteiger partial charge in [0.1, 0.15) is 0 Å². The maximum atomic E-state index is 12.2. The van der Waals surface area contributed by atoms with Crippen molar-refractivity contribution in [1.29, 1.82) is 0 Å². The Labute approximate surface area is 86.3 Å². The average molecular weight is 237 g/mol. The molecule has 2 nitrogen and oxygen atoms in total. The van der Waals surface area contributed by atoms with Crippen molar-refractivity contribution < 1.29 is 17.4 Å². The van der Waals surface area contributed by atoms with E-state index in [1.165, 1.54) is 25.4 Å². The molecule has 84 valence electrons. The predicted octanol–water partition coefficient (Wildman–Crippen LogP) is 2.79. The molecule has 0 aromatic heterocycles. The van der Waals surface area contributed by atoms with Gasteiger partial charge in [-0.25, -0.2) is 8.57 Å². The zero-order valence-electron chi connectivity index (χ0n) is 8.21. The predicted molar refractivity (Wildman–Crippen MR) is 52.1 cm³/mol. The molecular weight excluding hydrogens is 227 g/mol. The maximum absolute atomic E-state index is 12.2. The van der Waals surface area contributed by atoms with Crippen molar-refractivity contribution in [2.45, 2.75) is 11.1 Å². The summed E-state index contributed by atoms with van der Waals surface area (Å²) < 4.78 is 51.9. The van der Waals surface area contributed by atoms with Crippen LogP contribution in [-0.4, -0.2) is 17.5 Å². The summed E-state index contributed by atoms with van der Waals surface area (Å²) in [4.78, 5) is 0.304. The summed E-state index contributed by atoms with van der Waals surface area (Å²) in [5.41, 5.74) is -0.752. The number of hydrogen-bond donors (Lipinski definition) is 0. The summed E-state index contributed by atoms with van der Waals surface area (Å²) in [5, 5.41) is 0. The van der Waals surface area contributed by atoms with Gasteiger partial charge in [0.25, 0.3) is 0 Å². The highest BCUT2D eigenvalue weighted by Crippen LogP contribution is 2.29. The van der Waals surface area contributed by atoms with Gasteiger partial charge >= 0.3 is 6.18 Å². The molecule has 0 heterocycles. The number of halogens is 3. The first-order chi connectivity index (χ1) is 6.77. The van der Waals surface area contributed by atoms with Gasteiger partial charge in [-0.2, -0.15) is 13.2 Å². The van der Waals surface area contributed by atoms with Gasteiger partial charge in [0, 0.05) is 18.2 Å². The van der Waals surface area contributed by atoms with E-state index >= 15 is 0 Å². The Morgan fingerprint density at radius 1 is 1.20 bits per heavy atom. The van der Waals surface area contributed by atoms with Crippen LogP contribution in [0.4, 0.5) is 13.2 Å². The molecule has 1 atom stereocenters. The molecule has 1 rings (SSSR count). The van der Waals surface area contributed by atoms with Gasteiger partial charge in [-0.3, -0.25) is 0 Å². The highest BCUT2D eigenvalue weighted by Gasteiger charge is 2.30. The Kier molecular flexibility index (Phi) is 3.08. The van der Waals surface area contributed by atoms with Gasteiger partial charge in [-0.15, -0.1) is 0 Å². The smallest absolute Gasteiger partial charge is 0.245 e. The lowest BCUT2D eigenvalue weighted by Gasteiger charge is -2.08. The lowest BCUT2D eigenvalue weighted by molar-refractivity contribution is -0.137. The van der Waals surface area contributed by atoms with Crippen LogP contribution in [0.5, 0.6) is 0 Å². The van der Waals surface area contributed by atoms with Crippen molar-refractivity contribution >= 4 is 9.73 Å². The molecule has 0 saturated heterocycles. The molecule has 15 heavy (non-hydrogen) atoms. The van der Waals surface area contributed by atoms with Crippen molar-refractivity contribution in [2.24, 2.45) is 4.36 Å². The van der Waals surface area contributed by atoms with Crippen LogP contribution in [0.3, 0.4) is 0 Å². The van der Waals surface area contributed by atoms with E-state index < -0.39 is 21.5 Å². The third-order valence-corrected chi connectivity index (χ3v) is 3.81. The largest absolute Gasteiger partial charge is 0.416 e. The van der Waals surface area contributed by atoms with Crippen molar-refractivity contribution in [3.05, 3.63) is 29.8 Å². The first kappa shape index (κ1) is 12.0. The molecule has 0 amide bonds. The van der Waals surface area contributed by atoms with Crippen LogP contribution in [0.25, 0.3) is 0 Å². The second kappa shape index (κ2) is 3.84. The number of benzene rings is 1. The van der Waals surface area contributed by atoms with Gasteiger partial charge in [0.05, 0.1) is 15.3 Å². The molecule has 6 heteroatoms. The van der Waals surface area contributed by atoms with E-state index in [1.807, 2.05) is 0 Å². The van der Waals surface area contributed by atoms with E-state index in [0.717, 1.165) is 12.1 Å². The summed E-state index contributed by atoms with van der Waals surface area (Å²) in [6.45, 7) is 0. The average Bonchev–Trinajstić information content (AvgIpc) is 2.17. The minimum Gasteiger partial charge on any atom is -0.245 e. The van der Waals surface area contributed by atoms with E-state index in [9.17, 15) is 17.4 Å². The summed E-state index contributed by atoms with van der Waals surface area (Å²) in [5.74, 6) is 0. The number of rotatable bonds is 1. The van der Waals surface area contributed by atoms with E-state index in [0.29, 0.717) is 4.90 Å². The quantitative estimate of drug-likeness (QED) is 0.738. The van der Waals surface area contributed by atoms with Gasteiger partial charge in [0.2, 0.25) is 0 Å². The number of nitrogens with zero attached hydrogens (tertiary/aromatic N) is 1. The Morgan fingerprint density at radius 2 is 1.67 bits per heavy atom. The minimum absolute atomic E-state index is 0.304. The SMILES string of the molecule is CN=S(C)(=O)c1ccc(C(F)(F)F)cc1. The van der Waals surface area contributed by atoms with Crippen LogP contribution in [0.1, 0.15) is 5.56 Å². The molecule has 0 aliphatic carbocycles. The lowest BCUT2D eigenvalue weighted by Crippen LogP contribution is -2.05. The number of alkyl halides is 3. The Bertz CT molecular complexity index is 455. The minimum atomic E-state index is -4.36. The van der Waals surface area contributed by atoms with E-state index in [1.54, 1.807) is 0 Å². The summed E-state index contributed by atoms with van der Waals surface area (Å²) in [7, 11) is -1.18. The van der Waals surface area contributed by atoms with Crippen LogP contribution < -0.4 is 0 Å². The van der Waals surface area contributed by atoms with Crippen LogP contribution in [0.2, 0.25) is 0 Å². The number of hydrogen-bond acceptors (Lipinski definition) is 2. The molecule has 0 fully saturated rings. The monoisotopic (exact) mass is 237 g/mol. The fourth-order valence-electron chi connectivity index (χ4n) is 1.00. The summed E-state index contributed by atoms with van der Waals surface area (Å²) in [6.07, 6.45) is -2.98. The van der Waals surface area contributed by atoms with Crippen LogP contribution in [0, 0.1) is 0 Å². The summed E-state index contributed by atoms with van der Waals surface area (Å²) in [6, 6.07) is 4.20. The van der Waals surface area contributed by atoms with Gasteiger partial charge in [-0.05, 0) is 24.3 Å². The van der Waals surface area contributed by atoms with Crippen molar-refractivity contribution in [3.63, 3.8) is 0 Å². The molecule has 0 aliphatic heterocycles. The zero-order valence-corrected chi connectivity index (χ0v) is 9.02. The Morgan fingerprint density at radius 3 is 2.00 bits per heavy atom. The fourth-order valence-corrected chi connectivity index (χ4v) is 1.85. The Balaban J connectivity index is 3.18. The van der Waals surface area contributed by atoms with E-state index in [2.05, 4.69) is 4.36 Å². The molecule has 0 aliphatic rings. The van der Waals surface area contributed by atoms with Gasteiger partial charge in [-0.1, -0.05) is 0 Å². The second-order valence-corrected chi connectivity index (χ2v) is 5.45. The molecular formula is C9H10F3NOS. The lowest BCUT2D eigenvalue weighted by atomic mass is 10.2. The van der Waals surface area contributed by atoms with Crippen LogP contribution in [-0.2, 0) is 15.9 Å². The third-order valence-electron chi connectivity index (χ3n) is 1.97. The van der Waals surface area contributed by atoms with Crippen LogP contribution in [0.15, 0.2) is 33.5 Å². The van der Waals surface area contributed by atoms with Crippen molar-refractivity contribution in [1.82, 2.24) is 0 Å². The first-order valence-corrected chi connectivity index (χ1v) is 5.97. The van der Waals surface area contributed by atoms with Crippen LogP contribution >= 0.6 is 0 Å². The zero-order chi connectivity index (χ0) is 11.7. The second-order valence-electron chi connectivity index (χ2n) is 3.01. The molecule has 0 radical (unpaired) electrons. The maximum Gasteiger partial charge on any atom is 0.416 e. The molecule has 1 aromatic carbocycles. The molecule has 0 saturated carbocycles. The topological polar surface area (TPSA) is 29.4 Å². The third kappa shape index (κ3) is 2.71. The fraction of sp³-hybridized carbons (Fsp3) is 0.333. The van der Waals surface area contributed by atoms with Crippen molar-refractivity contribution in [2.75, 3.05) is 13.3 Å². The summed E-state index contributed by atoms with van der Waals surface area (Å²) >= 11 is 0. The molecule has 0 spiro atoms. The van der Waals surface area contributed by atoms with E-state index in [-0.39, 0.29) is 0 Å². The highest BCUT2D eigenvalue weighted by molar-refractivity contribution is 7.93. The van der Waals surface area contributed by atoms with Crippen molar-refractivity contribution in [3.8, 4) is 0 Å². The molecule has 1 unspecified atom stereocenters. The Hall–Kier alpha value is -1.04. The normalized spacial score (nSPS) is 15.8. The standard InChI is InChI=1S/C9H10F3NOS/c1-13-15(2,14)8-5-3-7(4-6-8)9(10,11)12/h3-6H,1-2H3. The van der Waals surface area contributed by atoms with Gasteiger partial charge in [0.15, 0.2) is 0 Å². The first-order valence-electron chi connectivity index (χ1n) is 4.05. The van der Waals surface area contributed by atoms with E-state index in [4.69, 9.17) is 0 Å². The molecule has 0 bridgehead atoms. The highest BCUT2D eigenvalue weighted by atomic mass is 32.2.